The summed E-state index contributed by atoms with van der Waals surface area (Å²) < 4.78 is 36.1. The van der Waals surface area contributed by atoms with Gasteiger partial charge in [0.05, 0.1) is 3.57 Å². The summed E-state index contributed by atoms with van der Waals surface area (Å²) in [4.78, 5) is 6.50. The second-order valence-corrected chi connectivity index (χ2v) is 3.00. The van der Waals surface area contributed by atoms with Crippen LogP contribution in [0.4, 0.5) is 19.0 Å². The molecule has 0 unspecified atom stereocenters. The largest absolute Gasteiger partial charge is 0.434 e. The minimum Gasteiger partial charge on any atom is -0.383 e. The molecule has 0 aliphatic rings. The van der Waals surface area contributed by atoms with Crippen LogP contribution in [0.3, 0.4) is 0 Å². The molecule has 0 radical (unpaired) electrons. The minimum absolute atomic E-state index is 0.155. The van der Waals surface area contributed by atoms with E-state index in [1.807, 2.05) is 0 Å². The molecule has 0 saturated carbocycles. The first kappa shape index (κ1) is 9.49. The van der Waals surface area contributed by atoms with E-state index in [2.05, 4.69) is 9.97 Å². The van der Waals surface area contributed by atoms with Crippen molar-refractivity contribution in [3.05, 3.63) is 15.6 Å². The predicted octanol–water partition coefficient (Wildman–Crippen LogP) is 1.68. The molecule has 66 valence electrons. The zero-order chi connectivity index (χ0) is 9.35. The van der Waals surface area contributed by atoms with E-state index in [-0.39, 0.29) is 9.39 Å². The Bertz CT molecular complexity index is 298. The molecule has 0 aromatic carbocycles. The van der Waals surface area contributed by atoms with Gasteiger partial charge in [0.25, 0.3) is 0 Å². The van der Waals surface area contributed by atoms with Crippen molar-refractivity contribution in [3.8, 4) is 0 Å². The molecule has 0 aliphatic heterocycles. The van der Waals surface area contributed by atoms with Crippen LogP contribution in [-0.4, -0.2) is 9.97 Å². The summed E-state index contributed by atoms with van der Waals surface area (Å²) >= 11 is 1.46. The van der Waals surface area contributed by atoms with Gasteiger partial charge in [0.2, 0.25) is 0 Å². The van der Waals surface area contributed by atoms with Crippen LogP contribution in [0.25, 0.3) is 0 Å². The molecule has 1 heterocycles. The molecule has 0 saturated heterocycles. The maximum absolute atomic E-state index is 12.1. The fourth-order valence-electron chi connectivity index (χ4n) is 0.581. The van der Waals surface area contributed by atoms with Gasteiger partial charge in [0.1, 0.15) is 12.1 Å². The zero-order valence-electron chi connectivity index (χ0n) is 5.56. The van der Waals surface area contributed by atoms with Gasteiger partial charge < -0.3 is 5.73 Å². The fraction of sp³-hybridized carbons (Fsp3) is 0.200. The van der Waals surface area contributed by atoms with Gasteiger partial charge in [-0.05, 0) is 22.6 Å². The Morgan fingerprint density at radius 2 is 1.92 bits per heavy atom. The van der Waals surface area contributed by atoms with Crippen molar-refractivity contribution in [1.82, 2.24) is 9.97 Å². The van der Waals surface area contributed by atoms with Gasteiger partial charge in [-0.3, -0.25) is 0 Å². The van der Waals surface area contributed by atoms with E-state index in [9.17, 15) is 13.2 Å². The summed E-state index contributed by atoms with van der Waals surface area (Å²) in [5, 5.41) is 0. The van der Waals surface area contributed by atoms with E-state index in [1.54, 1.807) is 0 Å². The molecular weight excluding hydrogens is 286 g/mol. The van der Waals surface area contributed by atoms with E-state index in [0.29, 0.717) is 0 Å². The van der Waals surface area contributed by atoms with Crippen molar-refractivity contribution < 1.29 is 13.2 Å². The predicted molar refractivity (Wildman–Crippen MR) is 44.2 cm³/mol. The lowest BCUT2D eigenvalue weighted by atomic mass is 10.4. The molecule has 0 amide bonds. The maximum Gasteiger partial charge on any atom is 0.434 e. The molecule has 0 atom stereocenters. The SMILES string of the molecule is Nc1ncnc(C(F)(F)F)c1I. The number of aromatic nitrogens is 2. The van der Waals surface area contributed by atoms with E-state index >= 15 is 0 Å². The Morgan fingerprint density at radius 1 is 1.33 bits per heavy atom. The summed E-state index contributed by atoms with van der Waals surface area (Å²) in [6.07, 6.45) is -3.67. The topological polar surface area (TPSA) is 51.8 Å². The first-order chi connectivity index (χ1) is 5.43. The van der Waals surface area contributed by atoms with Crippen LogP contribution in [0, 0.1) is 3.57 Å². The highest BCUT2D eigenvalue weighted by atomic mass is 127. The molecule has 12 heavy (non-hydrogen) atoms. The fourth-order valence-corrected chi connectivity index (χ4v) is 1.17. The van der Waals surface area contributed by atoms with Crippen LogP contribution in [0.1, 0.15) is 5.69 Å². The third kappa shape index (κ3) is 1.76. The van der Waals surface area contributed by atoms with E-state index in [0.717, 1.165) is 6.33 Å². The first-order valence-electron chi connectivity index (χ1n) is 2.76. The second kappa shape index (κ2) is 3.04. The Hall–Kier alpha value is -0.600. The summed E-state index contributed by atoms with van der Waals surface area (Å²) in [7, 11) is 0. The number of nitrogen functional groups attached to an aromatic ring is 1. The summed E-state index contributed by atoms with van der Waals surface area (Å²) in [5.41, 5.74) is 4.17. The Balaban J connectivity index is 3.26. The lowest BCUT2D eigenvalue weighted by Crippen LogP contribution is -2.12. The van der Waals surface area contributed by atoms with Crippen LogP contribution < -0.4 is 5.73 Å². The van der Waals surface area contributed by atoms with Gasteiger partial charge in [-0.15, -0.1) is 0 Å². The number of anilines is 1. The van der Waals surface area contributed by atoms with Crippen LogP contribution in [-0.2, 0) is 6.18 Å². The van der Waals surface area contributed by atoms with Crippen molar-refractivity contribution in [2.75, 3.05) is 5.73 Å². The van der Waals surface area contributed by atoms with Gasteiger partial charge in [-0.1, -0.05) is 0 Å². The number of nitrogens with zero attached hydrogens (tertiary/aromatic N) is 2. The molecular formula is C5H3F3IN3. The van der Waals surface area contributed by atoms with Gasteiger partial charge in [-0.25, -0.2) is 9.97 Å². The van der Waals surface area contributed by atoms with Crippen LogP contribution in [0.5, 0.6) is 0 Å². The molecule has 1 aromatic rings. The molecule has 0 aliphatic carbocycles. The summed E-state index contributed by atoms with van der Waals surface area (Å²) in [6, 6.07) is 0. The normalized spacial score (nSPS) is 11.7. The summed E-state index contributed by atoms with van der Waals surface area (Å²) in [6.45, 7) is 0. The number of rotatable bonds is 0. The number of alkyl halides is 3. The van der Waals surface area contributed by atoms with Crippen LogP contribution in [0.2, 0.25) is 0 Å². The highest BCUT2D eigenvalue weighted by molar-refractivity contribution is 14.1. The van der Waals surface area contributed by atoms with Gasteiger partial charge in [0.15, 0.2) is 5.69 Å². The van der Waals surface area contributed by atoms with Gasteiger partial charge >= 0.3 is 6.18 Å². The lowest BCUT2D eigenvalue weighted by molar-refractivity contribution is -0.141. The minimum atomic E-state index is -4.46. The van der Waals surface area contributed by atoms with Gasteiger partial charge in [0, 0.05) is 0 Å². The monoisotopic (exact) mass is 289 g/mol. The van der Waals surface area contributed by atoms with Gasteiger partial charge in [-0.2, -0.15) is 13.2 Å². The Labute approximate surface area is 79.3 Å². The summed E-state index contributed by atoms with van der Waals surface area (Å²) in [5.74, 6) is -0.155. The third-order valence-corrected chi connectivity index (χ3v) is 2.15. The molecule has 7 heteroatoms. The molecule has 1 aromatic heterocycles. The third-order valence-electron chi connectivity index (χ3n) is 1.08. The molecule has 3 nitrogen and oxygen atoms in total. The average Bonchev–Trinajstić information content (AvgIpc) is 1.92. The second-order valence-electron chi connectivity index (χ2n) is 1.92. The number of nitrogens with two attached hydrogens (primary N) is 1. The lowest BCUT2D eigenvalue weighted by Gasteiger charge is -2.07. The Morgan fingerprint density at radius 3 is 2.33 bits per heavy atom. The van der Waals surface area contributed by atoms with Crippen molar-refractivity contribution in [3.63, 3.8) is 0 Å². The average molecular weight is 289 g/mol. The quantitative estimate of drug-likeness (QED) is 0.739. The first-order valence-corrected chi connectivity index (χ1v) is 3.84. The standard InChI is InChI=1S/C5H3F3IN3/c6-5(7,8)3-2(9)4(10)12-1-11-3/h1H,(H2,10,11,12). The van der Waals surface area contributed by atoms with Crippen molar-refractivity contribution in [2.24, 2.45) is 0 Å². The molecule has 2 N–H and O–H groups in total. The van der Waals surface area contributed by atoms with Crippen molar-refractivity contribution >= 4 is 28.4 Å². The molecule has 0 bridgehead atoms. The van der Waals surface area contributed by atoms with E-state index < -0.39 is 11.9 Å². The highest BCUT2D eigenvalue weighted by Crippen LogP contribution is 2.32. The Kier molecular flexibility index (Phi) is 2.40. The molecule has 1 rings (SSSR count). The highest BCUT2D eigenvalue weighted by Gasteiger charge is 2.35. The number of hydrogen-bond acceptors (Lipinski definition) is 3. The van der Waals surface area contributed by atoms with E-state index in [4.69, 9.17) is 5.73 Å². The van der Waals surface area contributed by atoms with E-state index in [1.165, 1.54) is 22.6 Å². The van der Waals surface area contributed by atoms with Crippen molar-refractivity contribution in [1.29, 1.82) is 0 Å². The molecule has 0 fully saturated rings. The molecule has 0 spiro atoms. The maximum atomic E-state index is 12.1. The smallest absolute Gasteiger partial charge is 0.383 e. The number of hydrogen-bond donors (Lipinski definition) is 1. The van der Waals surface area contributed by atoms with Crippen molar-refractivity contribution in [2.45, 2.75) is 6.18 Å². The zero-order valence-corrected chi connectivity index (χ0v) is 7.72. The van der Waals surface area contributed by atoms with Crippen LogP contribution in [0.15, 0.2) is 6.33 Å². The number of halogens is 4. The van der Waals surface area contributed by atoms with Crippen LogP contribution >= 0.6 is 22.6 Å².